The zero-order valence-electron chi connectivity index (χ0n) is 14.7. The quantitative estimate of drug-likeness (QED) is 0.508. The Bertz CT molecular complexity index is 935. The lowest BCUT2D eigenvalue weighted by molar-refractivity contribution is 0.639. The standard InChI is InChI=1S/C19H20N6S/c1-3-12-25-17(16-10-6-7-11-20-16)23-24-19(25)26-18-14-8-4-5-9-15(14)21-13(2)22-18/h3,6-7,10-11H,1,4-5,8-9,12H2,2H3. The van der Waals surface area contributed by atoms with Crippen LogP contribution in [0.25, 0.3) is 11.5 Å². The van der Waals surface area contributed by atoms with E-state index in [9.17, 15) is 0 Å². The summed E-state index contributed by atoms with van der Waals surface area (Å²) in [6, 6.07) is 5.78. The first-order chi connectivity index (χ1) is 12.8. The lowest BCUT2D eigenvalue weighted by Crippen LogP contribution is -2.10. The van der Waals surface area contributed by atoms with Crippen LogP contribution in [0.3, 0.4) is 0 Å². The first kappa shape index (κ1) is 16.9. The maximum Gasteiger partial charge on any atom is 0.198 e. The Balaban J connectivity index is 1.75. The summed E-state index contributed by atoms with van der Waals surface area (Å²) in [6.07, 6.45) is 8.06. The van der Waals surface area contributed by atoms with Crippen LogP contribution in [0.15, 0.2) is 47.2 Å². The smallest absolute Gasteiger partial charge is 0.198 e. The number of hydrogen-bond acceptors (Lipinski definition) is 6. The second kappa shape index (κ2) is 7.37. The predicted octanol–water partition coefficient (Wildman–Crippen LogP) is 3.65. The van der Waals surface area contributed by atoms with E-state index >= 15 is 0 Å². The van der Waals surface area contributed by atoms with Gasteiger partial charge >= 0.3 is 0 Å². The molecule has 132 valence electrons. The maximum absolute atomic E-state index is 4.69. The number of aromatic nitrogens is 6. The van der Waals surface area contributed by atoms with E-state index in [0.29, 0.717) is 6.54 Å². The topological polar surface area (TPSA) is 69.4 Å². The summed E-state index contributed by atoms with van der Waals surface area (Å²) in [6.45, 7) is 6.44. The second-order valence-corrected chi connectivity index (χ2v) is 7.19. The van der Waals surface area contributed by atoms with E-state index in [-0.39, 0.29) is 0 Å². The summed E-state index contributed by atoms with van der Waals surface area (Å²) < 4.78 is 2.03. The largest absolute Gasteiger partial charge is 0.297 e. The van der Waals surface area contributed by atoms with Gasteiger partial charge in [-0.2, -0.15) is 0 Å². The minimum absolute atomic E-state index is 0.619. The number of hydrogen-bond donors (Lipinski definition) is 0. The van der Waals surface area contributed by atoms with Gasteiger partial charge in [0.2, 0.25) is 0 Å². The number of fused-ring (bicyclic) bond motifs is 1. The lowest BCUT2D eigenvalue weighted by Gasteiger charge is -2.18. The minimum atomic E-state index is 0.619. The van der Waals surface area contributed by atoms with Gasteiger partial charge in [-0.3, -0.25) is 9.55 Å². The van der Waals surface area contributed by atoms with Crippen LogP contribution in [0, 0.1) is 6.92 Å². The molecule has 0 N–H and O–H groups in total. The fraction of sp³-hybridized carbons (Fsp3) is 0.316. The number of aryl methyl sites for hydroxylation is 2. The van der Waals surface area contributed by atoms with Gasteiger partial charge in [0.05, 0.1) is 0 Å². The van der Waals surface area contributed by atoms with Crippen molar-refractivity contribution in [3.63, 3.8) is 0 Å². The average Bonchev–Trinajstić information content (AvgIpc) is 3.05. The molecule has 0 unspecified atom stereocenters. The number of rotatable bonds is 5. The molecule has 0 radical (unpaired) electrons. The summed E-state index contributed by atoms with van der Waals surface area (Å²) >= 11 is 1.56. The zero-order chi connectivity index (χ0) is 17.9. The first-order valence-corrected chi connectivity index (χ1v) is 9.57. The molecule has 0 saturated heterocycles. The fourth-order valence-corrected chi connectivity index (χ4v) is 4.24. The molecule has 4 rings (SSSR count). The van der Waals surface area contributed by atoms with Gasteiger partial charge in [-0.15, -0.1) is 16.8 Å². The van der Waals surface area contributed by atoms with Crippen molar-refractivity contribution < 1.29 is 0 Å². The Hall–Kier alpha value is -2.54. The molecule has 0 bridgehead atoms. The maximum atomic E-state index is 4.69. The lowest BCUT2D eigenvalue weighted by atomic mass is 9.97. The van der Waals surface area contributed by atoms with E-state index in [2.05, 4.69) is 26.7 Å². The molecule has 0 aliphatic heterocycles. The van der Waals surface area contributed by atoms with Crippen LogP contribution in [0.2, 0.25) is 0 Å². The molecule has 26 heavy (non-hydrogen) atoms. The minimum Gasteiger partial charge on any atom is -0.297 e. The molecule has 0 spiro atoms. The third kappa shape index (κ3) is 3.26. The van der Waals surface area contributed by atoms with Crippen molar-refractivity contribution in [2.24, 2.45) is 0 Å². The highest BCUT2D eigenvalue weighted by molar-refractivity contribution is 7.99. The molecule has 7 heteroatoms. The van der Waals surface area contributed by atoms with Gasteiger partial charge in [0, 0.05) is 24.0 Å². The zero-order valence-corrected chi connectivity index (χ0v) is 15.5. The number of allylic oxidation sites excluding steroid dienone is 1. The number of pyridine rings is 1. The van der Waals surface area contributed by atoms with Crippen molar-refractivity contribution in [3.8, 4) is 11.5 Å². The Morgan fingerprint density at radius 3 is 2.88 bits per heavy atom. The Morgan fingerprint density at radius 2 is 2.08 bits per heavy atom. The van der Waals surface area contributed by atoms with E-state index in [0.717, 1.165) is 40.4 Å². The van der Waals surface area contributed by atoms with Gasteiger partial charge in [-0.1, -0.05) is 12.1 Å². The van der Waals surface area contributed by atoms with Gasteiger partial charge in [0.25, 0.3) is 0 Å². The summed E-state index contributed by atoms with van der Waals surface area (Å²) in [7, 11) is 0. The summed E-state index contributed by atoms with van der Waals surface area (Å²) in [5, 5.41) is 10.6. The molecular formula is C19H20N6S. The summed E-state index contributed by atoms with van der Waals surface area (Å²) in [5.41, 5.74) is 3.25. The Labute approximate surface area is 156 Å². The second-order valence-electron chi connectivity index (χ2n) is 6.23. The van der Waals surface area contributed by atoms with E-state index in [1.165, 1.54) is 24.1 Å². The molecular weight excluding hydrogens is 344 g/mol. The van der Waals surface area contributed by atoms with Crippen LogP contribution < -0.4 is 0 Å². The molecule has 0 fully saturated rings. The molecule has 3 heterocycles. The van der Waals surface area contributed by atoms with Crippen LogP contribution in [0.5, 0.6) is 0 Å². The normalized spacial score (nSPS) is 13.4. The highest BCUT2D eigenvalue weighted by Gasteiger charge is 2.21. The number of nitrogens with zero attached hydrogens (tertiary/aromatic N) is 6. The Kier molecular flexibility index (Phi) is 4.79. The van der Waals surface area contributed by atoms with Crippen LogP contribution in [-0.2, 0) is 19.4 Å². The third-order valence-corrected chi connectivity index (χ3v) is 5.38. The van der Waals surface area contributed by atoms with Crippen LogP contribution in [0.4, 0.5) is 0 Å². The van der Waals surface area contributed by atoms with Gasteiger partial charge < -0.3 is 0 Å². The molecule has 3 aromatic heterocycles. The van der Waals surface area contributed by atoms with Crippen LogP contribution in [0.1, 0.15) is 29.9 Å². The molecule has 1 aliphatic rings. The van der Waals surface area contributed by atoms with Crippen molar-refractivity contribution in [1.82, 2.24) is 29.7 Å². The van der Waals surface area contributed by atoms with Crippen LogP contribution in [-0.4, -0.2) is 29.7 Å². The average molecular weight is 364 g/mol. The van der Waals surface area contributed by atoms with Crippen molar-refractivity contribution in [3.05, 3.63) is 54.1 Å². The van der Waals surface area contributed by atoms with Gasteiger partial charge in [-0.25, -0.2) is 9.97 Å². The SMILES string of the molecule is C=CCn1c(Sc2nc(C)nc3c2CCCC3)nnc1-c1ccccn1. The highest BCUT2D eigenvalue weighted by atomic mass is 32.2. The molecule has 0 aromatic carbocycles. The van der Waals surface area contributed by atoms with Crippen molar-refractivity contribution in [2.45, 2.75) is 49.3 Å². The summed E-state index contributed by atoms with van der Waals surface area (Å²) in [4.78, 5) is 13.7. The molecule has 0 saturated carbocycles. The molecule has 6 nitrogen and oxygen atoms in total. The van der Waals surface area contributed by atoms with Gasteiger partial charge in [0.15, 0.2) is 11.0 Å². The van der Waals surface area contributed by atoms with E-state index < -0.39 is 0 Å². The Morgan fingerprint density at radius 1 is 1.19 bits per heavy atom. The van der Waals surface area contributed by atoms with Gasteiger partial charge in [0.1, 0.15) is 16.5 Å². The van der Waals surface area contributed by atoms with Crippen LogP contribution >= 0.6 is 11.8 Å². The van der Waals surface area contributed by atoms with Crippen molar-refractivity contribution in [1.29, 1.82) is 0 Å². The fourth-order valence-electron chi connectivity index (χ4n) is 3.19. The monoisotopic (exact) mass is 364 g/mol. The highest BCUT2D eigenvalue weighted by Crippen LogP contribution is 2.34. The molecule has 0 amide bonds. The van der Waals surface area contributed by atoms with E-state index in [4.69, 9.17) is 4.98 Å². The van der Waals surface area contributed by atoms with Gasteiger partial charge in [-0.05, 0) is 56.5 Å². The first-order valence-electron chi connectivity index (χ1n) is 8.76. The predicted molar refractivity (Wildman–Crippen MR) is 101 cm³/mol. The van der Waals surface area contributed by atoms with E-state index in [1.807, 2.05) is 35.8 Å². The van der Waals surface area contributed by atoms with E-state index in [1.54, 1.807) is 18.0 Å². The summed E-state index contributed by atoms with van der Waals surface area (Å²) in [5.74, 6) is 1.56. The third-order valence-electron chi connectivity index (χ3n) is 4.37. The van der Waals surface area contributed by atoms with Crippen molar-refractivity contribution in [2.75, 3.05) is 0 Å². The van der Waals surface area contributed by atoms with Crippen molar-refractivity contribution >= 4 is 11.8 Å². The molecule has 3 aromatic rings. The molecule has 1 aliphatic carbocycles. The molecule has 0 atom stereocenters.